The maximum Gasteiger partial charge on any atom is 0.522 e. The molecule has 4 rings (SSSR count). The number of benzene rings is 1. The number of halogens is 4. The van der Waals surface area contributed by atoms with E-state index in [4.69, 9.17) is 20.8 Å². The van der Waals surface area contributed by atoms with Crippen molar-refractivity contribution in [3.8, 4) is 5.75 Å². The third kappa shape index (κ3) is 5.53. The first-order valence-corrected chi connectivity index (χ1v) is 10.5. The van der Waals surface area contributed by atoms with Gasteiger partial charge in [0.25, 0.3) is 5.91 Å². The Morgan fingerprint density at radius 1 is 1.30 bits per heavy atom. The van der Waals surface area contributed by atoms with Crippen LogP contribution >= 0.6 is 11.6 Å². The van der Waals surface area contributed by atoms with E-state index in [2.05, 4.69) is 26.8 Å². The molecule has 2 heterocycles. The van der Waals surface area contributed by atoms with Gasteiger partial charge >= 0.3 is 6.36 Å². The van der Waals surface area contributed by atoms with Crippen LogP contribution in [0.15, 0.2) is 29.2 Å². The highest BCUT2D eigenvalue weighted by Gasteiger charge is 2.42. The number of amides is 1. The molecule has 1 aliphatic heterocycles. The number of nitrogens with one attached hydrogen (secondary N) is 1. The summed E-state index contributed by atoms with van der Waals surface area (Å²) in [5.41, 5.74) is 0.798. The van der Waals surface area contributed by atoms with Gasteiger partial charge < -0.3 is 14.5 Å². The number of Topliss-reactive ketones (excluding diaryl/α,β-unsaturated/α-hetero) is 1. The number of fused-ring (bicyclic) bond motifs is 1. The minimum atomic E-state index is -4.67. The topological polar surface area (TPSA) is 104 Å². The Labute approximate surface area is 191 Å². The van der Waals surface area contributed by atoms with E-state index in [-0.39, 0.29) is 55.7 Å². The fourth-order valence-electron chi connectivity index (χ4n) is 3.59. The molecule has 1 atom stereocenters. The van der Waals surface area contributed by atoms with Crippen LogP contribution in [-0.4, -0.2) is 47.0 Å². The monoisotopic (exact) mass is 485 g/mol. The van der Waals surface area contributed by atoms with Gasteiger partial charge in [-0.25, -0.2) is 0 Å². The molecule has 1 amide bonds. The van der Waals surface area contributed by atoms with Crippen LogP contribution in [-0.2, 0) is 9.53 Å². The van der Waals surface area contributed by atoms with Gasteiger partial charge in [0.05, 0.1) is 18.1 Å². The van der Waals surface area contributed by atoms with Crippen LogP contribution in [0.3, 0.4) is 0 Å². The minimum Gasteiger partial charge on any atom is -0.479 e. The summed E-state index contributed by atoms with van der Waals surface area (Å²) < 4.78 is 51.7. The fourth-order valence-corrected chi connectivity index (χ4v) is 3.77. The van der Waals surface area contributed by atoms with Crippen molar-refractivity contribution < 1.29 is 36.7 Å². The minimum absolute atomic E-state index is 0.104. The highest BCUT2D eigenvalue weighted by atomic mass is 35.5. The molecule has 0 radical (unpaired) electrons. The molecule has 8 nitrogen and oxygen atoms in total. The van der Waals surface area contributed by atoms with Gasteiger partial charge in [0, 0.05) is 23.1 Å². The Balaban J connectivity index is 1.23. The normalized spacial score (nSPS) is 22.2. The maximum absolute atomic E-state index is 12.4. The first-order chi connectivity index (χ1) is 15.6. The van der Waals surface area contributed by atoms with Gasteiger partial charge in [0.2, 0.25) is 11.8 Å². The number of alkyl halides is 3. The Bertz CT molecular complexity index is 1080. The molecule has 33 heavy (non-hydrogen) atoms. The molecule has 1 N–H and O–H groups in total. The third-order valence-electron chi connectivity index (χ3n) is 5.39. The molecule has 2 aliphatic rings. The average molecular weight is 486 g/mol. The second kappa shape index (κ2) is 9.14. The Hall–Kier alpha value is -2.92. The highest BCUT2D eigenvalue weighted by Crippen LogP contribution is 2.41. The first-order valence-electron chi connectivity index (χ1n) is 10.1. The van der Waals surface area contributed by atoms with Crippen molar-refractivity contribution in [1.82, 2.24) is 15.5 Å². The number of aromatic nitrogens is 2. The Morgan fingerprint density at radius 2 is 2.06 bits per heavy atom. The standard InChI is InChI=1S/C21H19ClF3N3O5/c1-10(19-27-28-20(32-19)11-6-13(7-11)33-21(23,24)25)4-5-26-18(30)17-9-15(29)14-8-12(22)2-3-16(14)31-17/h2-3,8,11,13,17H,1,4-7,9H2,(H,26,30). The molecule has 1 aromatic carbocycles. The van der Waals surface area contributed by atoms with E-state index in [1.54, 1.807) is 12.1 Å². The third-order valence-corrected chi connectivity index (χ3v) is 5.62. The first kappa shape index (κ1) is 23.2. The number of ether oxygens (including phenoxy) is 2. The molecule has 1 saturated carbocycles. The van der Waals surface area contributed by atoms with Crippen LogP contribution < -0.4 is 10.1 Å². The van der Waals surface area contributed by atoms with Gasteiger partial charge in [-0.15, -0.1) is 23.4 Å². The van der Waals surface area contributed by atoms with E-state index in [1.165, 1.54) is 6.07 Å². The second-order valence-electron chi connectivity index (χ2n) is 7.82. The molecule has 176 valence electrons. The number of ketones is 1. The summed E-state index contributed by atoms with van der Waals surface area (Å²) in [6.45, 7) is 4.03. The number of hydrogen-bond donors (Lipinski definition) is 1. The number of rotatable bonds is 7. The van der Waals surface area contributed by atoms with Gasteiger partial charge in [-0.2, -0.15) is 0 Å². The van der Waals surface area contributed by atoms with E-state index in [9.17, 15) is 22.8 Å². The van der Waals surface area contributed by atoms with Crippen LogP contribution in [0.1, 0.15) is 53.7 Å². The predicted octanol–water partition coefficient (Wildman–Crippen LogP) is 4.06. The molecule has 0 saturated heterocycles. The smallest absolute Gasteiger partial charge is 0.479 e. The summed E-state index contributed by atoms with van der Waals surface area (Å²) in [6.07, 6.45) is -6.08. The van der Waals surface area contributed by atoms with E-state index in [0.717, 1.165) is 0 Å². The molecule has 2 aromatic rings. The van der Waals surface area contributed by atoms with Crippen molar-refractivity contribution in [2.24, 2.45) is 0 Å². The Kier molecular flexibility index (Phi) is 6.44. The summed E-state index contributed by atoms with van der Waals surface area (Å²) in [6, 6.07) is 4.62. The molecule has 1 unspecified atom stereocenters. The van der Waals surface area contributed by atoms with Crippen LogP contribution in [0.2, 0.25) is 5.02 Å². The Morgan fingerprint density at radius 3 is 2.79 bits per heavy atom. The predicted molar refractivity (Wildman–Crippen MR) is 109 cm³/mol. The van der Waals surface area contributed by atoms with E-state index >= 15 is 0 Å². The van der Waals surface area contributed by atoms with Crippen LogP contribution in [0.5, 0.6) is 5.75 Å². The van der Waals surface area contributed by atoms with Gasteiger partial charge in [-0.1, -0.05) is 18.2 Å². The largest absolute Gasteiger partial charge is 0.522 e. The maximum atomic E-state index is 12.4. The lowest BCUT2D eigenvalue weighted by Gasteiger charge is -2.32. The summed E-state index contributed by atoms with van der Waals surface area (Å²) >= 11 is 5.89. The number of hydrogen-bond acceptors (Lipinski definition) is 7. The van der Waals surface area contributed by atoms with Gasteiger partial charge in [0.15, 0.2) is 11.9 Å². The molecular formula is C21H19ClF3N3O5. The van der Waals surface area contributed by atoms with Crippen molar-refractivity contribution in [2.75, 3.05) is 6.54 Å². The molecule has 1 aliphatic carbocycles. The van der Waals surface area contributed by atoms with Gasteiger partial charge in [-0.3, -0.25) is 14.3 Å². The van der Waals surface area contributed by atoms with Crippen LogP contribution in [0.25, 0.3) is 5.57 Å². The van der Waals surface area contributed by atoms with Crippen molar-refractivity contribution in [3.05, 3.63) is 47.1 Å². The lowest BCUT2D eigenvalue weighted by molar-refractivity contribution is -0.352. The van der Waals surface area contributed by atoms with Crippen LogP contribution in [0.4, 0.5) is 13.2 Å². The van der Waals surface area contributed by atoms with Gasteiger partial charge in [-0.05, 0) is 37.5 Å². The molecule has 12 heteroatoms. The SMILES string of the molecule is C=C(CCNC(=O)C1CC(=O)c2cc(Cl)ccc2O1)c1nnc(C2CC(OC(F)(F)F)C2)o1. The molecule has 1 fully saturated rings. The van der Waals surface area contributed by atoms with Gasteiger partial charge in [0.1, 0.15) is 5.75 Å². The van der Waals surface area contributed by atoms with E-state index < -0.39 is 24.5 Å². The number of carbonyl (C=O) groups is 2. The van der Waals surface area contributed by atoms with Crippen molar-refractivity contribution in [2.45, 2.75) is 50.2 Å². The molecule has 0 spiro atoms. The second-order valence-corrected chi connectivity index (χ2v) is 8.25. The highest BCUT2D eigenvalue weighted by molar-refractivity contribution is 6.31. The van der Waals surface area contributed by atoms with Crippen molar-refractivity contribution >= 4 is 28.9 Å². The zero-order valence-corrected chi connectivity index (χ0v) is 17.9. The molecule has 0 bridgehead atoms. The molecular weight excluding hydrogens is 467 g/mol. The zero-order valence-electron chi connectivity index (χ0n) is 17.2. The van der Waals surface area contributed by atoms with Crippen molar-refractivity contribution in [3.63, 3.8) is 0 Å². The fraction of sp³-hybridized carbons (Fsp3) is 0.429. The van der Waals surface area contributed by atoms with E-state index in [0.29, 0.717) is 21.9 Å². The van der Waals surface area contributed by atoms with Crippen LogP contribution in [0, 0.1) is 0 Å². The lowest BCUT2D eigenvalue weighted by Crippen LogP contribution is -2.42. The van der Waals surface area contributed by atoms with E-state index in [1.807, 2.05) is 0 Å². The summed E-state index contributed by atoms with van der Waals surface area (Å²) in [7, 11) is 0. The molecule has 1 aromatic heterocycles. The summed E-state index contributed by atoms with van der Waals surface area (Å²) in [5, 5.41) is 10.8. The summed E-state index contributed by atoms with van der Waals surface area (Å²) in [4.78, 5) is 24.7. The average Bonchev–Trinajstić information content (AvgIpc) is 3.19. The summed E-state index contributed by atoms with van der Waals surface area (Å²) in [5.74, 6) is -0.310. The number of nitrogens with zero attached hydrogens (tertiary/aromatic N) is 2. The number of carbonyl (C=O) groups excluding carboxylic acids is 2. The zero-order chi connectivity index (χ0) is 23.8. The van der Waals surface area contributed by atoms with Crippen molar-refractivity contribution in [1.29, 1.82) is 0 Å². The quantitative estimate of drug-likeness (QED) is 0.630. The lowest BCUT2D eigenvalue weighted by atomic mass is 9.82.